The van der Waals surface area contributed by atoms with Crippen molar-refractivity contribution in [3.8, 4) is 0 Å². The Morgan fingerprint density at radius 1 is 1.00 bits per heavy atom. The van der Waals surface area contributed by atoms with Gasteiger partial charge in [-0.2, -0.15) is 4.31 Å². The van der Waals surface area contributed by atoms with Crippen LogP contribution in [0.3, 0.4) is 0 Å². The van der Waals surface area contributed by atoms with E-state index >= 15 is 0 Å². The fraction of sp³-hybridized carbons (Fsp3) is 0.435. The summed E-state index contributed by atoms with van der Waals surface area (Å²) in [7, 11) is -1.66. The van der Waals surface area contributed by atoms with Crippen LogP contribution in [0.25, 0.3) is 0 Å². The molecule has 1 aliphatic rings. The number of piperazine rings is 1. The molecule has 0 spiro atoms. The molecule has 3 rings (SSSR count). The molecule has 0 aromatic heterocycles. The molecule has 2 aromatic rings. The van der Waals surface area contributed by atoms with Crippen LogP contribution in [0, 0.1) is 6.92 Å². The van der Waals surface area contributed by atoms with Gasteiger partial charge >= 0.3 is 0 Å². The van der Waals surface area contributed by atoms with Gasteiger partial charge in [0.05, 0.1) is 4.90 Å². The van der Waals surface area contributed by atoms with Gasteiger partial charge in [0, 0.05) is 37.4 Å². The van der Waals surface area contributed by atoms with Gasteiger partial charge in [-0.3, -0.25) is 4.79 Å². The van der Waals surface area contributed by atoms with Crippen molar-refractivity contribution in [2.45, 2.75) is 38.5 Å². The Bertz CT molecular complexity index is 1000. The quantitative estimate of drug-likeness (QED) is 0.765. The molecule has 1 heterocycles. The lowest BCUT2D eigenvalue weighted by Crippen LogP contribution is -2.47. The van der Waals surface area contributed by atoms with E-state index in [0.29, 0.717) is 37.3 Å². The molecule has 1 aliphatic heterocycles. The van der Waals surface area contributed by atoms with E-state index < -0.39 is 10.0 Å². The zero-order chi connectivity index (χ0) is 21.9. The molecular weight excluding hydrogens is 398 g/mol. The fourth-order valence-corrected chi connectivity index (χ4v) is 5.45. The standard InChI is InChI=1S/C23H31N3O3S/c1-5-18-8-7-9-19(6-2)22(18)24-23(27)20-11-10-17(3)21(16-20)30(28,29)26-14-12-25(4)13-15-26/h7-11,16H,5-6,12-15H2,1-4H3,(H,24,27). The monoisotopic (exact) mass is 429 g/mol. The van der Waals surface area contributed by atoms with Crippen molar-refractivity contribution in [3.63, 3.8) is 0 Å². The van der Waals surface area contributed by atoms with E-state index in [1.807, 2.05) is 25.2 Å². The Kier molecular flexibility index (Phi) is 6.95. The summed E-state index contributed by atoms with van der Waals surface area (Å²) in [6, 6.07) is 10.9. The van der Waals surface area contributed by atoms with Gasteiger partial charge in [0.2, 0.25) is 10.0 Å². The lowest BCUT2D eigenvalue weighted by atomic mass is 10.0. The van der Waals surface area contributed by atoms with Crippen LogP contribution in [0.1, 0.15) is 40.9 Å². The molecule has 1 fully saturated rings. The van der Waals surface area contributed by atoms with Crippen molar-refractivity contribution in [3.05, 3.63) is 58.7 Å². The number of amides is 1. The predicted octanol–water partition coefficient (Wildman–Crippen LogP) is 3.31. The van der Waals surface area contributed by atoms with E-state index in [2.05, 4.69) is 24.1 Å². The SMILES string of the molecule is CCc1cccc(CC)c1NC(=O)c1ccc(C)c(S(=O)(=O)N2CCN(C)CC2)c1. The van der Waals surface area contributed by atoms with Crippen molar-refractivity contribution in [2.24, 2.45) is 0 Å². The Balaban J connectivity index is 1.91. The van der Waals surface area contributed by atoms with Gasteiger partial charge in [-0.1, -0.05) is 38.1 Å². The number of rotatable bonds is 6. The number of nitrogens with one attached hydrogen (secondary N) is 1. The molecule has 162 valence electrons. The number of para-hydroxylation sites is 1. The number of carbonyl (C=O) groups excluding carboxylic acids is 1. The summed E-state index contributed by atoms with van der Waals surface area (Å²) in [6.45, 7) is 8.19. The molecule has 1 saturated heterocycles. The maximum Gasteiger partial charge on any atom is 0.255 e. The largest absolute Gasteiger partial charge is 0.321 e. The summed E-state index contributed by atoms with van der Waals surface area (Å²) >= 11 is 0. The smallest absolute Gasteiger partial charge is 0.255 e. The van der Waals surface area contributed by atoms with Gasteiger partial charge in [0.1, 0.15) is 0 Å². The summed E-state index contributed by atoms with van der Waals surface area (Å²) < 4.78 is 28.0. The van der Waals surface area contributed by atoms with E-state index in [1.165, 1.54) is 10.4 Å². The van der Waals surface area contributed by atoms with Crippen LogP contribution in [0.2, 0.25) is 0 Å². The van der Waals surface area contributed by atoms with E-state index in [4.69, 9.17) is 0 Å². The Morgan fingerprint density at radius 2 is 1.60 bits per heavy atom. The molecule has 6 nitrogen and oxygen atoms in total. The zero-order valence-corrected chi connectivity index (χ0v) is 19.1. The van der Waals surface area contributed by atoms with Crippen molar-refractivity contribution in [2.75, 3.05) is 38.5 Å². The van der Waals surface area contributed by atoms with Crippen LogP contribution in [-0.2, 0) is 22.9 Å². The first-order valence-electron chi connectivity index (χ1n) is 10.5. The lowest BCUT2D eigenvalue weighted by Gasteiger charge is -2.32. The van der Waals surface area contributed by atoms with Crippen LogP contribution in [0.5, 0.6) is 0 Å². The van der Waals surface area contributed by atoms with Crippen molar-refractivity contribution < 1.29 is 13.2 Å². The number of nitrogens with zero attached hydrogens (tertiary/aromatic N) is 2. The van der Waals surface area contributed by atoms with Gasteiger partial charge in [-0.25, -0.2) is 8.42 Å². The minimum absolute atomic E-state index is 0.208. The molecule has 0 bridgehead atoms. The minimum Gasteiger partial charge on any atom is -0.321 e. The van der Waals surface area contributed by atoms with Crippen LogP contribution in [0.15, 0.2) is 41.3 Å². The van der Waals surface area contributed by atoms with Crippen LogP contribution in [-0.4, -0.2) is 56.8 Å². The van der Waals surface area contributed by atoms with E-state index in [0.717, 1.165) is 29.7 Å². The van der Waals surface area contributed by atoms with Gasteiger partial charge in [0.15, 0.2) is 0 Å². The Morgan fingerprint density at radius 3 is 2.17 bits per heavy atom. The van der Waals surface area contributed by atoms with E-state index in [1.54, 1.807) is 19.1 Å². The van der Waals surface area contributed by atoms with Crippen molar-refractivity contribution >= 4 is 21.6 Å². The van der Waals surface area contributed by atoms with E-state index in [9.17, 15) is 13.2 Å². The molecule has 0 atom stereocenters. The van der Waals surface area contributed by atoms with Gasteiger partial charge < -0.3 is 10.2 Å². The first-order valence-corrected chi connectivity index (χ1v) is 11.9. The molecule has 2 aromatic carbocycles. The van der Waals surface area contributed by atoms with Gasteiger partial charge in [-0.15, -0.1) is 0 Å². The molecular formula is C23H31N3O3S. The van der Waals surface area contributed by atoms with Crippen molar-refractivity contribution in [1.29, 1.82) is 0 Å². The molecule has 1 amide bonds. The second-order valence-corrected chi connectivity index (χ2v) is 9.71. The second kappa shape index (κ2) is 9.29. The van der Waals surface area contributed by atoms with Crippen molar-refractivity contribution in [1.82, 2.24) is 9.21 Å². The average Bonchev–Trinajstić information content (AvgIpc) is 2.74. The number of hydrogen-bond acceptors (Lipinski definition) is 4. The molecule has 0 radical (unpaired) electrons. The first-order chi connectivity index (χ1) is 14.3. The Hall–Kier alpha value is -2.22. The highest BCUT2D eigenvalue weighted by Crippen LogP contribution is 2.26. The number of benzene rings is 2. The number of likely N-dealkylation sites (N-methyl/N-ethyl adjacent to an activating group) is 1. The van der Waals surface area contributed by atoms with Crippen LogP contribution in [0.4, 0.5) is 5.69 Å². The normalized spacial score (nSPS) is 15.9. The van der Waals surface area contributed by atoms with Gasteiger partial charge in [0.25, 0.3) is 5.91 Å². The number of carbonyl (C=O) groups is 1. The summed E-state index contributed by atoms with van der Waals surface area (Å²) in [5.74, 6) is -0.291. The minimum atomic E-state index is -3.64. The van der Waals surface area contributed by atoms with Gasteiger partial charge in [-0.05, 0) is 55.6 Å². The molecule has 30 heavy (non-hydrogen) atoms. The molecule has 0 saturated carbocycles. The maximum absolute atomic E-state index is 13.2. The molecule has 1 N–H and O–H groups in total. The molecule has 0 aliphatic carbocycles. The van der Waals surface area contributed by atoms with E-state index in [-0.39, 0.29) is 10.8 Å². The third-order valence-electron chi connectivity index (χ3n) is 5.77. The summed E-state index contributed by atoms with van der Waals surface area (Å²) in [6.07, 6.45) is 1.61. The maximum atomic E-state index is 13.2. The Labute approximate surface area is 179 Å². The molecule has 0 unspecified atom stereocenters. The second-order valence-electron chi connectivity index (χ2n) is 7.80. The zero-order valence-electron chi connectivity index (χ0n) is 18.2. The number of hydrogen-bond donors (Lipinski definition) is 1. The lowest BCUT2D eigenvalue weighted by molar-refractivity contribution is 0.102. The third-order valence-corrected chi connectivity index (χ3v) is 7.81. The highest BCUT2D eigenvalue weighted by atomic mass is 32.2. The highest BCUT2D eigenvalue weighted by Gasteiger charge is 2.29. The van der Waals surface area contributed by atoms with Crippen LogP contribution >= 0.6 is 0 Å². The number of sulfonamides is 1. The number of anilines is 1. The summed E-state index contributed by atoms with van der Waals surface area (Å²) in [5, 5.41) is 3.03. The topological polar surface area (TPSA) is 69.7 Å². The predicted molar refractivity (Wildman–Crippen MR) is 121 cm³/mol. The fourth-order valence-electron chi connectivity index (χ4n) is 3.78. The third kappa shape index (κ3) is 4.58. The first kappa shape index (κ1) is 22.5. The summed E-state index contributed by atoms with van der Waals surface area (Å²) in [4.78, 5) is 15.4. The summed E-state index contributed by atoms with van der Waals surface area (Å²) in [5.41, 5.74) is 3.96. The van der Waals surface area contributed by atoms with Crippen LogP contribution < -0.4 is 5.32 Å². The molecule has 7 heteroatoms. The average molecular weight is 430 g/mol. The number of aryl methyl sites for hydroxylation is 3. The highest BCUT2D eigenvalue weighted by molar-refractivity contribution is 7.89.